The highest BCUT2D eigenvalue weighted by atomic mass is 32.2. The molecule has 0 bridgehead atoms. The lowest BCUT2D eigenvalue weighted by Crippen LogP contribution is -2.42. The third-order valence-electron chi connectivity index (χ3n) is 1.97. The van der Waals surface area contributed by atoms with Crippen LogP contribution in [0.3, 0.4) is 0 Å². The van der Waals surface area contributed by atoms with Crippen molar-refractivity contribution in [3.63, 3.8) is 0 Å². The molecule has 0 rings (SSSR count). The maximum Gasteiger partial charge on any atom is 0.407 e. The minimum atomic E-state index is -3.69. The number of amides is 1. The van der Waals surface area contributed by atoms with Crippen molar-refractivity contribution in [3.8, 4) is 0 Å². The summed E-state index contributed by atoms with van der Waals surface area (Å²) >= 11 is 0. The first-order valence-corrected chi connectivity index (χ1v) is 9.99. The van der Waals surface area contributed by atoms with Gasteiger partial charge in [-0.15, -0.1) is 0 Å². The second-order valence-electron chi connectivity index (χ2n) is 5.65. The summed E-state index contributed by atoms with van der Waals surface area (Å²) < 4.78 is 57.9. The van der Waals surface area contributed by atoms with Gasteiger partial charge in [0, 0.05) is 0 Å². The van der Waals surface area contributed by atoms with Crippen LogP contribution in [0.2, 0.25) is 0 Å². The zero-order valence-electron chi connectivity index (χ0n) is 13.3. The van der Waals surface area contributed by atoms with Crippen molar-refractivity contribution in [2.45, 2.75) is 38.8 Å². The number of rotatable bonds is 8. The molecule has 0 fully saturated rings. The van der Waals surface area contributed by atoms with E-state index in [0.29, 0.717) is 0 Å². The van der Waals surface area contributed by atoms with Crippen molar-refractivity contribution in [1.82, 2.24) is 5.32 Å². The third kappa shape index (κ3) is 14.0. The molecule has 0 aliphatic rings. The molecule has 0 aromatic heterocycles. The summed E-state index contributed by atoms with van der Waals surface area (Å²) in [6.07, 6.45) is 1.01. The van der Waals surface area contributed by atoms with Gasteiger partial charge in [-0.05, 0) is 27.2 Å². The van der Waals surface area contributed by atoms with Crippen LogP contribution >= 0.6 is 0 Å². The number of carbonyl (C=O) groups is 1. The van der Waals surface area contributed by atoms with Crippen LogP contribution in [0.5, 0.6) is 0 Å². The molecular formula is C11H23NO8S2. The van der Waals surface area contributed by atoms with E-state index in [1.165, 1.54) is 0 Å². The van der Waals surface area contributed by atoms with E-state index < -0.39 is 38.0 Å². The third-order valence-corrected chi connectivity index (χ3v) is 3.13. The van der Waals surface area contributed by atoms with Crippen LogP contribution in [0.25, 0.3) is 0 Å². The van der Waals surface area contributed by atoms with Gasteiger partial charge in [0.05, 0.1) is 31.8 Å². The molecule has 0 unspecified atom stereocenters. The minimum absolute atomic E-state index is 0.0296. The zero-order chi connectivity index (χ0) is 17.6. The van der Waals surface area contributed by atoms with Crippen molar-refractivity contribution >= 4 is 26.3 Å². The van der Waals surface area contributed by atoms with Crippen molar-refractivity contribution in [2.75, 3.05) is 25.7 Å². The Kier molecular flexibility index (Phi) is 7.75. The van der Waals surface area contributed by atoms with E-state index in [1.54, 1.807) is 20.8 Å². The maximum absolute atomic E-state index is 11.7. The van der Waals surface area contributed by atoms with Gasteiger partial charge in [-0.1, -0.05) is 0 Å². The number of hydrogen-bond donors (Lipinski definition) is 1. The summed E-state index contributed by atoms with van der Waals surface area (Å²) in [5.74, 6) is 0. The second kappa shape index (κ2) is 8.09. The summed E-state index contributed by atoms with van der Waals surface area (Å²) in [7, 11) is -7.32. The van der Waals surface area contributed by atoms with Crippen LogP contribution in [-0.2, 0) is 33.3 Å². The van der Waals surface area contributed by atoms with Crippen LogP contribution in [0.4, 0.5) is 4.79 Å². The topological polar surface area (TPSA) is 125 Å². The van der Waals surface area contributed by atoms with E-state index in [-0.39, 0.29) is 19.6 Å². The first kappa shape index (κ1) is 21.1. The second-order valence-corrected chi connectivity index (χ2v) is 8.93. The van der Waals surface area contributed by atoms with E-state index in [2.05, 4.69) is 13.7 Å². The van der Waals surface area contributed by atoms with Gasteiger partial charge in [0.25, 0.3) is 20.2 Å². The quantitative estimate of drug-likeness (QED) is 0.609. The van der Waals surface area contributed by atoms with Gasteiger partial charge in [0.15, 0.2) is 0 Å². The van der Waals surface area contributed by atoms with Crippen LogP contribution in [0.15, 0.2) is 0 Å². The first-order chi connectivity index (χ1) is 9.68. The van der Waals surface area contributed by atoms with Crippen LogP contribution in [-0.4, -0.2) is 60.3 Å². The molecule has 11 heteroatoms. The molecule has 0 spiro atoms. The number of ether oxygens (including phenoxy) is 1. The largest absolute Gasteiger partial charge is 0.444 e. The number of hydrogen-bond acceptors (Lipinski definition) is 8. The fraction of sp³-hybridized carbons (Fsp3) is 0.909. The SMILES string of the molecule is CC(C)(C)OC(=O)N[C@H](CCOS(C)(=O)=O)COS(C)(=O)=O. The van der Waals surface area contributed by atoms with Crippen LogP contribution in [0.1, 0.15) is 27.2 Å². The molecule has 0 aliphatic carbocycles. The molecule has 0 aromatic rings. The fourth-order valence-electron chi connectivity index (χ4n) is 1.22. The first-order valence-electron chi connectivity index (χ1n) is 6.36. The van der Waals surface area contributed by atoms with Crippen molar-refractivity contribution < 1.29 is 34.7 Å². The van der Waals surface area contributed by atoms with Gasteiger partial charge in [0.2, 0.25) is 0 Å². The fourth-order valence-corrected chi connectivity index (χ4v) is 2.03. The van der Waals surface area contributed by atoms with Crippen LogP contribution < -0.4 is 5.32 Å². The van der Waals surface area contributed by atoms with Gasteiger partial charge in [-0.3, -0.25) is 8.37 Å². The van der Waals surface area contributed by atoms with E-state index in [9.17, 15) is 21.6 Å². The van der Waals surface area contributed by atoms with Gasteiger partial charge in [-0.2, -0.15) is 16.8 Å². The molecule has 0 heterocycles. The Morgan fingerprint density at radius 1 is 1.05 bits per heavy atom. The Morgan fingerprint density at radius 2 is 1.55 bits per heavy atom. The molecule has 1 N–H and O–H groups in total. The lowest BCUT2D eigenvalue weighted by Gasteiger charge is -2.23. The molecule has 1 amide bonds. The van der Waals surface area contributed by atoms with Gasteiger partial charge in [-0.25, -0.2) is 4.79 Å². The lowest BCUT2D eigenvalue weighted by atomic mass is 10.2. The van der Waals surface area contributed by atoms with Crippen molar-refractivity contribution in [1.29, 1.82) is 0 Å². The average Bonchev–Trinajstić information content (AvgIpc) is 2.19. The van der Waals surface area contributed by atoms with Crippen molar-refractivity contribution in [3.05, 3.63) is 0 Å². The minimum Gasteiger partial charge on any atom is -0.444 e. The molecule has 0 aromatic carbocycles. The van der Waals surface area contributed by atoms with E-state index in [0.717, 1.165) is 12.5 Å². The van der Waals surface area contributed by atoms with Crippen molar-refractivity contribution in [2.24, 2.45) is 0 Å². The summed E-state index contributed by atoms with van der Waals surface area (Å²) in [4.78, 5) is 11.7. The Morgan fingerprint density at radius 3 is 1.95 bits per heavy atom. The standard InChI is InChI=1S/C11H23NO8S2/c1-11(2,3)20-10(13)12-9(8-19-22(5,16)17)6-7-18-21(4,14)15/h9H,6-8H2,1-5H3,(H,12,13)/t9-/m1/s1. The number of alkyl carbamates (subject to hydrolysis) is 1. The summed E-state index contributed by atoms with van der Waals surface area (Å²) in [6, 6.07) is -0.786. The zero-order valence-corrected chi connectivity index (χ0v) is 14.9. The Balaban J connectivity index is 4.61. The molecule has 1 atom stereocenters. The van der Waals surface area contributed by atoms with E-state index in [1.807, 2.05) is 0 Å². The van der Waals surface area contributed by atoms with E-state index in [4.69, 9.17) is 4.74 Å². The predicted octanol–water partition coefficient (Wildman–Crippen LogP) is 0.222. The normalized spacial score (nSPS) is 14.4. The Hall–Kier alpha value is -0.910. The highest BCUT2D eigenvalue weighted by Gasteiger charge is 2.21. The Bertz CT molecular complexity index is 561. The van der Waals surface area contributed by atoms with E-state index >= 15 is 0 Å². The lowest BCUT2D eigenvalue weighted by molar-refractivity contribution is 0.0481. The summed E-state index contributed by atoms with van der Waals surface area (Å²) in [6.45, 7) is 4.42. The number of nitrogens with one attached hydrogen (secondary N) is 1. The number of carbonyl (C=O) groups excluding carboxylic acids is 1. The molecule has 0 radical (unpaired) electrons. The van der Waals surface area contributed by atoms with Gasteiger partial charge < -0.3 is 10.1 Å². The molecule has 22 heavy (non-hydrogen) atoms. The summed E-state index contributed by atoms with van der Waals surface area (Å²) in [5, 5.41) is 2.41. The molecule has 0 saturated heterocycles. The molecule has 9 nitrogen and oxygen atoms in total. The maximum atomic E-state index is 11.7. The predicted molar refractivity (Wildman–Crippen MR) is 79.4 cm³/mol. The molecule has 0 saturated carbocycles. The van der Waals surface area contributed by atoms with Gasteiger partial charge >= 0.3 is 6.09 Å². The highest BCUT2D eigenvalue weighted by molar-refractivity contribution is 7.86. The molecule has 132 valence electrons. The smallest absolute Gasteiger partial charge is 0.407 e. The Labute approximate surface area is 131 Å². The monoisotopic (exact) mass is 361 g/mol. The molecule has 0 aliphatic heterocycles. The average molecular weight is 361 g/mol. The summed E-state index contributed by atoms with van der Waals surface area (Å²) in [5.41, 5.74) is -0.727. The van der Waals surface area contributed by atoms with Gasteiger partial charge in [0.1, 0.15) is 5.60 Å². The highest BCUT2D eigenvalue weighted by Crippen LogP contribution is 2.08. The van der Waals surface area contributed by atoms with Crippen LogP contribution in [0, 0.1) is 0 Å². The molecular weight excluding hydrogens is 338 g/mol.